The Morgan fingerprint density at radius 3 is 2.94 bits per heavy atom. The van der Waals surface area contributed by atoms with Crippen molar-refractivity contribution >= 4 is 21.8 Å². The quantitative estimate of drug-likeness (QED) is 0.903. The smallest absolute Gasteiger partial charge is 0.255 e. The molecule has 1 amide bonds. The highest BCUT2D eigenvalue weighted by Crippen LogP contribution is 2.21. The standard InChI is InChI=1S/C13H16BrNO3/c1-9-8-18-10(7-16)6-15(9)13(17)11-4-2-3-5-12(11)14/h2-5,9-10,16H,6-8H2,1H3. The lowest BCUT2D eigenvalue weighted by atomic mass is 10.1. The first-order chi connectivity index (χ1) is 8.63. The lowest BCUT2D eigenvalue weighted by Gasteiger charge is -2.37. The van der Waals surface area contributed by atoms with Crippen LogP contribution in [0.3, 0.4) is 0 Å². The Hall–Kier alpha value is -0.910. The van der Waals surface area contributed by atoms with Gasteiger partial charge in [0.05, 0.1) is 30.9 Å². The first-order valence-corrected chi connectivity index (χ1v) is 6.70. The van der Waals surface area contributed by atoms with Crippen molar-refractivity contribution in [2.24, 2.45) is 0 Å². The van der Waals surface area contributed by atoms with Crippen molar-refractivity contribution in [2.45, 2.75) is 19.1 Å². The molecule has 2 unspecified atom stereocenters. The van der Waals surface area contributed by atoms with Gasteiger partial charge in [0, 0.05) is 11.0 Å². The molecule has 98 valence electrons. The average molecular weight is 314 g/mol. The van der Waals surface area contributed by atoms with E-state index in [0.717, 1.165) is 4.47 Å². The third-order valence-corrected chi connectivity index (χ3v) is 3.77. The van der Waals surface area contributed by atoms with E-state index in [0.29, 0.717) is 18.7 Å². The van der Waals surface area contributed by atoms with Crippen molar-refractivity contribution in [1.29, 1.82) is 0 Å². The fraction of sp³-hybridized carbons (Fsp3) is 0.462. The second kappa shape index (κ2) is 5.82. The van der Waals surface area contributed by atoms with Crippen LogP contribution in [0.1, 0.15) is 17.3 Å². The van der Waals surface area contributed by atoms with Crippen LogP contribution in [-0.2, 0) is 4.74 Å². The molecule has 1 aromatic carbocycles. The molecule has 1 saturated heterocycles. The Kier molecular flexibility index (Phi) is 4.37. The number of rotatable bonds is 2. The molecule has 0 saturated carbocycles. The number of amides is 1. The molecular formula is C13H16BrNO3. The first kappa shape index (κ1) is 13.5. The molecule has 1 fully saturated rings. The lowest BCUT2D eigenvalue weighted by Crippen LogP contribution is -2.52. The zero-order valence-electron chi connectivity index (χ0n) is 10.2. The highest BCUT2D eigenvalue weighted by molar-refractivity contribution is 9.10. The minimum atomic E-state index is -0.285. The summed E-state index contributed by atoms with van der Waals surface area (Å²) < 4.78 is 6.22. The van der Waals surface area contributed by atoms with Gasteiger partial charge in [-0.1, -0.05) is 12.1 Å². The molecule has 0 spiro atoms. The molecule has 5 heteroatoms. The fourth-order valence-corrected chi connectivity index (χ4v) is 2.45. The fourth-order valence-electron chi connectivity index (χ4n) is 2.00. The van der Waals surface area contributed by atoms with Crippen LogP contribution in [0.4, 0.5) is 0 Å². The molecule has 1 heterocycles. The second-order valence-electron chi connectivity index (χ2n) is 4.42. The van der Waals surface area contributed by atoms with E-state index in [2.05, 4.69) is 15.9 Å². The molecule has 2 atom stereocenters. The van der Waals surface area contributed by atoms with E-state index in [1.165, 1.54) is 0 Å². The minimum Gasteiger partial charge on any atom is -0.394 e. The van der Waals surface area contributed by atoms with E-state index in [9.17, 15) is 4.79 Å². The molecule has 18 heavy (non-hydrogen) atoms. The summed E-state index contributed by atoms with van der Waals surface area (Å²) in [5.41, 5.74) is 0.642. The van der Waals surface area contributed by atoms with Crippen LogP contribution >= 0.6 is 15.9 Å². The Morgan fingerprint density at radius 2 is 2.28 bits per heavy atom. The predicted octanol–water partition coefficient (Wildman–Crippen LogP) is 1.67. The number of halogens is 1. The number of carbonyl (C=O) groups is 1. The van der Waals surface area contributed by atoms with Crippen molar-refractivity contribution in [3.8, 4) is 0 Å². The van der Waals surface area contributed by atoms with Crippen molar-refractivity contribution in [3.05, 3.63) is 34.3 Å². The summed E-state index contributed by atoms with van der Waals surface area (Å²) in [6, 6.07) is 7.38. The molecular weight excluding hydrogens is 298 g/mol. The topological polar surface area (TPSA) is 49.8 Å². The molecule has 0 radical (unpaired) electrons. The van der Waals surface area contributed by atoms with E-state index in [1.54, 1.807) is 11.0 Å². The van der Waals surface area contributed by atoms with Gasteiger partial charge in [-0.3, -0.25) is 4.79 Å². The summed E-state index contributed by atoms with van der Waals surface area (Å²) >= 11 is 3.39. The average Bonchev–Trinajstić information content (AvgIpc) is 2.39. The number of nitrogens with zero attached hydrogens (tertiary/aromatic N) is 1. The van der Waals surface area contributed by atoms with Gasteiger partial charge < -0.3 is 14.7 Å². The van der Waals surface area contributed by atoms with E-state index in [-0.39, 0.29) is 24.7 Å². The van der Waals surface area contributed by atoms with Crippen LogP contribution in [0, 0.1) is 0 Å². The highest BCUT2D eigenvalue weighted by Gasteiger charge is 2.30. The number of hydrogen-bond acceptors (Lipinski definition) is 3. The van der Waals surface area contributed by atoms with Gasteiger partial charge in [-0.15, -0.1) is 0 Å². The van der Waals surface area contributed by atoms with Gasteiger partial charge in [0.25, 0.3) is 5.91 Å². The van der Waals surface area contributed by atoms with Crippen LogP contribution in [0.25, 0.3) is 0 Å². The lowest BCUT2D eigenvalue weighted by molar-refractivity contribution is -0.0667. The minimum absolute atomic E-state index is 0.0207. The SMILES string of the molecule is CC1COC(CO)CN1C(=O)c1ccccc1Br. The van der Waals surface area contributed by atoms with Crippen LogP contribution < -0.4 is 0 Å². The van der Waals surface area contributed by atoms with Gasteiger partial charge >= 0.3 is 0 Å². The van der Waals surface area contributed by atoms with E-state index >= 15 is 0 Å². The maximum absolute atomic E-state index is 12.5. The largest absolute Gasteiger partial charge is 0.394 e. The van der Waals surface area contributed by atoms with Crippen LogP contribution in [0.2, 0.25) is 0 Å². The molecule has 1 aliphatic heterocycles. The van der Waals surface area contributed by atoms with Gasteiger partial charge in [-0.25, -0.2) is 0 Å². The van der Waals surface area contributed by atoms with E-state index in [1.807, 2.05) is 25.1 Å². The normalized spacial score (nSPS) is 24.1. The number of morpholine rings is 1. The van der Waals surface area contributed by atoms with E-state index in [4.69, 9.17) is 9.84 Å². The highest BCUT2D eigenvalue weighted by atomic mass is 79.9. The summed E-state index contributed by atoms with van der Waals surface area (Å²) in [6.45, 7) is 2.77. The third-order valence-electron chi connectivity index (χ3n) is 3.07. The van der Waals surface area contributed by atoms with E-state index < -0.39 is 0 Å². The zero-order valence-corrected chi connectivity index (χ0v) is 11.8. The first-order valence-electron chi connectivity index (χ1n) is 5.91. The van der Waals surface area contributed by atoms with Crippen molar-refractivity contribution in [2.75, 3.05) is 19.8 Å². The molecule has 4 nitrogen and oxygen atoms in total. The number of ether oxygens (including phenoxy) is 1. The molecule has 1 aromatic rings. The summed E-state index contributed by atoms with van der Waals surface area (Å²) in [6.07, 6.45) is -0.285. The van der Waals surface area contributed by atoms with Gasteiger partial charge in [0.1, 0.15) is 0 Å². The molecule has 2 rings (SSSR count). The van der Waals surface area contributed by atoms with Crippen LogP contribution in [-0.4, -0.2) is 47.8 Å². The molecule has 1 aliphatic rings. The zero-order chi connectivity index (χ0) is 13.1. The number of hydrogen-bond donors (Lipinski definition) is 1. The molecule has 1 N–H and O–H groups in total. The van der Waals surface area contributed by atoms with Gasteiger partial charge in [-0.2, -0.15) is 0 Å². The maximum Gasteiger partial charge on any atom is 0.255 e. The van der Waals surface area contributed by atoms with Gasteiger partial charge in [0.15, 0.2) is 0 Å². The summed E-state index contributed by atoms with van der Waals surface area (Å²) in [4.78, 5) is 14.2. The third kappa shape index (κ3) is 2.74. The Labute approximate surface area is 115 Å². The van der Waals surface area contributed by atoms with Crippen LogP contribution in [0.5, 0.6) is 0 Å². The van der Waals surface area contributed by atoms with Crippen molar-refractivity contribution in [1.82, 2.24) is 4.90 Å². The summed E-state index contributed by atoms with van der Waals surface area (Å²) in [5.74, 6) is -0.0308. The number of aliphatic hydroxyl groups is 1. The molecule has 0 bridgehead atoms. The Bertz CT molecular complexity index is 438. The van der Waals surface area contributed by atoms with Crippen molar-refractivity contribution in [3.63, 3.8) is 0 Å². The maximum atomic E-state index is 12.5. The number of benzene rings is 1. The predicted molar refractivity (Wildman–Crippen MR) is 71.5 cm³/mol. The second-order valence-corrected chi connectivity index (χ2v) is 5.28. The van der Waals surface area contributed by atoms with Gasteiger partial charge in [-0.05, 0) is 35.0 Å². The van der Waals surface area contributed by atoms with Gasteiger partial charge in [0.2, 0.25) is 0 Å². The summed E-state index contributed by atoms with van der Waals surface area (Å²) in [7, 11) is 0. The Morgan fingerprint density at radius 1 is 1.56 bits per heavy atom. The monoisotopic (exact) mass is 313 g/mol. The molecule has 0 aliphatic carbocycles. The van der Waals surface area contributed by atoms with Crippen LogP contribution in [0.15, 0.2) is 28.7 Å². The Balaban J connectivity index is 2.19. The number of aliphatic hydroxyl groups excluding tert-OH is 1. The number of carbonyl (C=O) groups excluding carboxylic acids is 1. The molecule has 0 aromatic heterocycles. The summed E-state index contributed by atoms with van der Waals surface area (Å²) in [5, 5.41) is 9.13. The van der Waals surface area contributed by atoms with Crippen molar-refractivity contribution < 1.29 is 14.6 Å².